The number of aromatic nitrogens is 2. The van der Waals surface area contributed by atoms with Crippen molar-refractivity contribution in [3.63, 3.8) is 0 Å². The first kappa shape index (κ1) is 12.8. The minimum atomic E-state index is 0.675. The number of nitrogens with one attached hydrogen (secondary N) is 1. The van der Waals surface area contributed by atoms with Gasteiger partial charge in [-0.2, -0.15) is 5.10 Å². The first-order chi connectivity index (χ1) is 8.70. The number of benzene rings is 1. The lowest BCUT2D eigenvalue weighted by Crippen LogP contribution is -2.25. The lowest BCUT2D eigenvalue weighted by molar-refractivity contribution is 0.337. The van der Waals surface area contributed by atoms with Crippen LogP contribution in [0, 0.1) is 6.92 Å². The highest BCUT2D eigenvalue weighted by Crippen LogP contribution is 2.22. The molecule has 0 bridgehead atoms. The highest BCUT2D eigenvalue weighted by molar-refractivity contribution is 5.63. The molecule has 4 heteroatoms. The zero-order valence-electron chi connectivity index (χ0n) is 11.0. The maximum absolute atomic E-state index is 5.56. The average Bonchev–Trinajstić information content (AvgIpc) is 2.77. The first-order valence-electron chi connectivity index (χ1n) is 6.19. The number of hydrogen-bond donors (Lipinski definition) is 2. The van der Waals surface area contributed by atoms with Gasteiger partial charge in [-0.25, -0.2) is 0 Å². The molecule has 0 saturated carbocycles. The minimum Gasteiger partial charge on any atom is -0.329 e. The second-order valence-corrected chi connectivity index (χ2v) is 4.66. The summed E-state index contributed by atoms with van der Waals surface area (Å²) < 4.78 is 0. The molecular weight excluding hydrogens is 224 g/mol. The number of nitrogens with zero attached hydrogens (tertiary/aromatic N) is 2. The van der Waals surface area contributed by atoms with Crippen molar-refractivity contribution in [2.45, 2.75) is 13.5 Å². The van der Waals surface area contributed by atoms with Crippen molar-refractivity contribution in [3.8, 4) is 11.3 Å². The zero-order valence-corrected chi connectivity index (χ0v) is 11.0. The summed E-state index contributed by atoms with van der Waals surface area (Å²) in [5.41, 5.74) is 10.2. The Morgan fingerprint density at radius 3 is 2.94 bits per heavy atom. The predicted molar refractivity (Wildman–Crippen MR) is 74.1 cm³/mol. The van der Waals surface area contributed by atoms with E-state index in [1.807, 2.05) is 6.20 Å². The average molecular weight is 244 g/mol. The molecule has 3 N–H and O–H groups in total. The SMILES string of the molecule is Cc1cccc(-c2n[nH]cc2CN(C)CCN)c1. The van der Waals surface area contributed by atoms with E-state index in [9.17, 15) is 0 Å². The Balaban J connectivity index is 2.22. The third-order valence-electron chi connectivity index (χ3n) is 2.96. The van der Waals surface area contributed by atoms with E-state index in [-0.39, 0.29) is 0 Å². The van der Waals surface area contributed by atoms with Crippen LogP contribution in [0.3, 0.4) is 0 Å². The lowest BCUT2D eigenvalue weighted by atomic mass is 10.1. The van der Waals surface area contributed by atoms with Crippen molar-refractivity contribution in [1.29, 1.82) is 0 Å². The normalized spacial score (nSPS) is 11.1. The van der Waals surface area contributed by atoms with E-state index < -0.39 is 0 Å². The number of H-pyrrole nitrogens is 1. The molecule has 1 aromatic carbocycles. The van der Waals surface area contributed by atoms with E-state index in [0.29, 0.717) is 6.54 Å². The summed E-state index contributed by atoms with van der Waals surface area (Å²) in [6.07, 6.45) is 1.96. The van der Waals surface area contributed by atoms with E-state index in [1.165, 1.54) is 11.1 Å². The van der Waals surface area contributed by atoms with Crippen LogP contribution in [0.2, 0.25) is 0 Å². The van der Waals surface area contributed by atoms with Crippen molar-refractivity contribution >= 4 is 0 Å². The number of aromatic amines is 1. The molecule has 0 aliphatic heterocycles. The molecule has 0 atom stereocenters. The second kappa shape index (κ2) is 5.80. The van der Waals surface area contributed by atoms with Gasteiger partial charge in [0.1, 0.15) is 0 Å². The monoisotopic (exact) mass is 244 g/mol. The van der Waals surface area contributed by atoms with Gasteiger partial charge >= 0.3 is 0 Å². The van der Waals surface area contributed by atoms with Gasteiger partial charge in [-0.05, 0) is 20.0 Å². The smallest absolute Gasteiger partial charge is 0.0965 e. The van der Waals surface area contributed by atoms with E-state index in [4.69, 9.17) is 5.73 Å². The van der Waals surface area contributed by atoms with Gasteiger partial charge in [0.05, 0.1) is 5.69 Å². The van der Waals surface area contributed by atoms with Crippen molar-refractivity contribution in [3.05, 3.63) is 41.6 Å². The summed E-state index contributed by atoms with van der Waals surface area (Å²) in [5.74, 6) is 0. The quantitative estimate of drug-likeness (QED) is 0.843. The summed E-state index contributed by atoms with van der Waals surface area (Å²) in [5, 5.41) is 7.31. The molecule has 1 aromatic heterocycles. The highest BCUT2D eigenvalue weighted by atomic mass is 15.1. The van der Waals surface area contributed by atoms with Crippen molar-refractivity contribution in [2.24, 2.45) is 5.73 Å². The van der Waals surface area contributed by atoms with E-state index in [0.717, 1.165) is 24.3 Å². The molecule has 2 aromatic rings. The predicted octanol–water partition coefficient (Wildman–Crippen LogP) is 1.78. The molecule has 0 unspecified atom stereocenters. The van der Waals surface area contributed by atoms with Crippen molar-refractivity contribution in [2.75, 3.05) is 20.1 Å². The van der Waals surface area contributed by atoms with E-state index >= 15 is 0 Å². The molecule has 0 saturated heterocycles. The fraction of sp³-hybridized carbons (Fsp3) is 0.357. The third kappa shape index (κ3) is 2.97. The summed E-state index contributed by atoms with van der Waals surface area (Å²) >= 11 is 0. The molecule has 96 valence electrons. The minimum absolute atomic E-state index is 0.675. The molecular formula is C14H20N4. The van der Waals surface area contributed by atoms with Gasteiger partial charge in [-0.15, -0.1) is 0 Å². The topological polar surface area (TPSA) is 57.9 Å². The molecule has 0 aliphatic carbocycles. The van der Waals surface area contributed by atoms with Crippen LogP contribution >= 0.6 is 0 Å². The largest absolute Gasteiger partial charge is 0.329 e. The van der Waals surface area contributed by atoms with Crippen molar-refractivity contribution in [1.82, 2.24) is 15.1 Å². The van der Waals surface area contributed by atoms with E-state index in [2.05, 4.69) is 53.3 Å². The third-order valence-corrected chi connectivity index (χ3v) is 2.96. The molecule has 0 amide bonds. The van der Waals surface area contributed by atoms with E-state index in [1.54, 1.807) is 0 Å². The summed E-state index contributed by atoms with van der Waals surface area (Å²) in [6.45, 7) is 4.51. The van der Waals surface area contributed by atoms with Crippen LogP contribution < -0.4 is 5.73 Å². The Bertz CT molecular complexity index is 504. The number of rotatable bonds is 5. The Hall–Kier alpha value is -1.65. The maximum Gasteiger partial charge on any atom is 0.0965 e. The fourth-order valence-corrected chi connectivity index (χ4v) is 2.07. The van der Waals surface area contributed by atoms with Gasteiger partial charge < -0.3 is 10.6 Å². The molecule has 0 fully saturated rings. The zero-order chi connectivity index (χ0) is 13.0. The summed E-state index contributed by atoms with van der Waals surface area (Å²) in [6, 6.07) is 8.40. The van der Waals surface area contributed by atoms with Crippen LogP contribution in [0.4, 0.5) is 0 Å². The Labute approximate surface area is 108 Å². The van der Waals surface area contributed by atoms with Gasteiger partial charge in [-0.1, -0.05) is 23.8 Å². The number of aryl methyl sites for hydroxylation is 1. The molecule has 0 radical (unpaired) electrons. The number of likely N-dealkylation sites (N-methyl/N-ethyl adjacent to an activating group) is 1. The first-order valence-corrected chi connectivity index (χ1v) is 6.19. The molecule has 18 heavy (non-hydrogen) atoms. The molecule has 0 aliphatic rings. The molecule has 1 heterocycles. The number of nitrogens with two attached hydrogens (primary N) is 1. The standard InChI is InChI=1S/C14H20N4/c1-11-4-3-5-12(8-11)14-13(9-16-17-14)10-18(2)7-6-15/h3-5,8-9H,6-7,10,15H2,1-2H3,(H,16,17). The van der Waals surface area contributed by atoms with Gasteiger partial charge in [0.15, 0.2) is 0 Å². The van der Waals surface area contributed by atoms with Gasteiger partial charge in [-0.3, -0.25) is 5.10 Å². The van der Waals surface area contributed by atoms with Crippen LogP contribution in [0.15, 0.2) is 30.5 Å². The van der Waals surface area contributed by atoms with Gasteiger partial charge in [0.25, 0.3) is 0 Å². The van der Waals surface area contributed by atoms with Gasteiger partial charge in [0, 0.05) is 37.0 Å². The number of hydrogen-bond acceptors (Lipinski definition) is 3. The van der Waals surface area contributed by atoms with Crippen LogP contribution in [0.1, 0.15) is 11.1 Å². The maximum atomic E-state index is 5.56. The Morgan fingerprint density at radius 2 is 2.22 bits per heavy atom. The highest BCUT2D eigenvalue weighted by Gasteiger charge is 2.10. The van der Waals surface area contributed by atoms with Crippen LogP contribution in [-0.4, -0.2) is 35.2 Å². The molecule has 4 nitrogen and oxygen atoms in total. The van der Waals surface area contributed by atoms with Crippen LogP contribution in [0.25, 0.3) is 11.3 Å². The van der Waals surface area contributed by atoms with Crippen LogP contribution in [-0.2, 0) is 6.54 Å². The Morgan fingerprint density at radius 1 is 1.39 bits per heavy atom. The van der Waals surface area contributed by atoms with Gasteiger partial charge in [0.2, 0.25) is 0 Å². The fourth-order valence-electron chi connectivity index (χ4n) is 2.07. The van der Waals surface area contributed by atoms with Crippen LogP contribution in [0.5, 0.6) is 0 Å². The molecule has 0 spiro atoms. The second-order valence-electron chi connectivity index (χ2n) is 4.66. The Kier molecular flexibility index (Phi) is 4.12. The van der Waals surface area contributed by atoms with Crippen molar-refractivity contribution < 1.29 is 0 Å². The molecule has 2 rings (SSSR count). The summed E-state index contributed by atoms with van der Waals surface area (Å²) in [7, 11) is 2.07. The lowest BCUT2D eigenvalue weighted by Gasteiger charge is -2.15. The summed E-state index contributed by atoms with van der Waals surface area (Å²) in [4.78, 5) is 2.20.